The summed E-state index contributed by atoms with van der Waals surface area (Å²) in [6.45, 7) is 0. The fourth-order valence-corrected chi connectivity index (χ4v) is 3.16. The van der Waals surface area contributed by atoms with E-state index in [0.29, 0.717) is 12.3 Å². The highest BCUT2D eigenvalue weighted by atomic mass is 32.2. The van der Waals surface area contributed by atoms with Gasteiger partial charge in [0, 0.05) is 35.8 Å². The Morgan fingerprint density at radius 1 is 1.35 bits per heavy atom. The first-order chi connectivity index (χ1) is 9.80. The van der Waals surface area contributed by atoms with Crippen LogP contribution in [-0.4, -0.2) is 22.1 Å². The molecule has 2 aromatic heterocycles. The van der Waals surface area contributed by atoms with Gasteiger partial charge in [0.25, 0.3) is 0 Å². The van der Waals surface area contributed by atoms with Gasteiger partial charge in [0.05, 0.1) is 12.8 Å². The number of ether oxygens (including phenoxy) is 1. The van der Waals surface area contributed by atoms with Gasteiger partial charge in [0.1, 0.15) is 11.6 Å². The molecule has 0 fully saturated rings. The summed E-state index contributed by atoms with van der Waals surface area (Å²) < 4.78 is 5.04. The van der Waals surface area contributed by atoms with Gasteiger partial charge in [-0.2, -0.15) is 11.8 Å². The lowest BCUT2D eigenvalue weighted by Crippen LogP contribution is -2.14. The summed E-state index contributed by atoms with van der Waals surface area (Å²) in [5, 5.41) is 0. The third kappa shape index (κ3) is 2.54. The zero-order chi connectivity index (χ0) is 13.9. The van der Waals surface area contributed by atoms with Crippen molar-refractivity contribution in [2.24, 2.45) is 5.84 Å². The molecule has 0 aromatic carbocycles. The van der Waals surface area contributed by atoms with Crippen LogP contribution in [0.25, 0.3) is 0 Å². The molecule has 0 spiro atoms. The number of pyridine rings is 1. The van der Waals surface area contributed by atoms with Crippen molar-refractivity contribution in [3.63, 3.8) is 0 Å². The molecule has 0 saturated carbocycles. The van der Waals surface area contributed by atoms with E-state index in [9.17, 15) is 0 Å². The molecule has 0 saturated heterocycles. The maximum absolute atomic E-state index is 5.54. The number of aromatic nitrogens is 3. The van der Waals surface area contributed by atoms with Crippen LogP contribution >= 0.6 is 11.8 Å². The molecule has 1 aliphatic rings. The summed E-state index contributed by atoms with van der Waals surface area (Å²) in [6, 6.07) is 3.80. The Morgan fingerprint density at radius 2 is 2.25 bits per heavy atom. The molecular formula is C13H15N5OS. The molecule has 3 heterocycles. The van der Waals surface area contributed by atoms with E-state index in [4.69, 9.17) is 10.6 Å². The van der Waals surface area contributed by atoms with Gasteiger partial charge in [-0.1, -0.05) is 6.07 Å². The second kappa shape index (κ2) is 5.64. The van der Waals surface area contributed by atoms with Crippen LogP contribution in [0.4, 0.5) is 5.82 Å². The lowest BCUT2D eigenvalue weighted by Gasteiger charge is -2.09. The van der Waals surface area contributed by atoms with Crippen LogP contribution in [0.2, 0.25) is 0 Å². The van der Waals surface area contributed by atoms with E-state index < -0.39 is 0 Å². The largest absolute Gasteiger partial charge is 0.481 e. The van der Waals surface area contributed by atoms with E-state index >= 15 is 0 Å². The number of fused-ring (bicyclic) bond motifs is 1. The molecule has 3 N–H and O–H groups in total. The number of hydrogen-bond donors (Lipinski definition) is 2. The molecule has 0 radical (unpaired) electrons. The fourth-order valence-electron chi connectivity index (χ4n) is 2.12. The second-order valence-electron chi connectivity index (χ2n) is 4.44. The molecule has 20 heavy (non-hydrogen) atoms. The summed E-state index contributed by atoms with van der Waals surface area (Å²) in [6.07, 6.45) is 2.41. The molecule has 7 heteroatoms. The predicted octanol–water partition coefficient (Wildman–Crippen LogP) is 1.50. The Morgan fingerprint density at radius 3 is 2.95 bits per heavy atom. The van der Waals surface area contributed by atoms with E-state index in [2.05, 4.69) is 20.4 Å². The van der Waals surface area contributed by atoms with Gasteiger partial charge >= 0.3 is 0 Å². The molecule has 0 unspecified atom stereocenters. The first-order valence-electron chi connectivity index (χ1n) is 6.22. The van der Waals surface area contributed by atoms with Crippen molar-refractivity contribution in [1.29, 1.82) is 0 Å². The Kier molecular flexibility index (Phi) is 3.70. The van der Waals surface area contributed by atoms with Crippen LogP contribution in [0.3, 0.4) is 0 Å². The molecule has 0 atom stereocenters. The van der Waals surface area contributed by atoms with Crippen molar-refractivity contribution in [3.05, 3.63) is 41.0 Å². The molecular weight excluding hydrogens is 274 g/mol. The van der Waals surface area contributed by atoms with Crippen LogP contribution in [-0.2, 0) is 17.9 Å². The molecule has 104 valence electrons. The fraction of sp³-hybridized carbons (Fsp3) is 0.308. The van der Waals surface area contributed by atoms with E-state index in [1.807, 2.05) is 23.9 Å². The molecule has 2 aromatic rings. The van der Waals surface area contributed by atoms with Gasteiger partial charge in [-0.15, -0.1) is 0 Å². The highest BCUT2D eigenvalue weighted by Gasteiger charge is 2.19. The molecule has 3 rings (SSSR count). The van der Waals surface area contributed by atoms with Gasteiger partial charge in [0.15, 0.2) is 0 Å². The highest BCUT2D eigenvalue weighted by molar-refractivity contribution is 7.98. The second-order valence-corrected chi connectivity index (χ2v) is 5.42. The quantitative estimate of drug-likeness (QED) is 0.651. The Labute approximate surface area is 121 Å². The average molecular weight is 289 g/mol. The minimum Gasteiger partial charge on any atom is -0.481 e. The van der Waals surface area contributed by atoms with Crippen molar-refractivity contribution in [2.45, 2.75) is 17.9 Å². The minimum atomic E-state index is 0.601. The van der Waals surface area contributed by atoms with Gasteiger partial charge in [0.2, 0.25) is 5.88 Å². The summed E-state index contributed by atoms with van der Waals surface area (Å²) >= 11 is 1.83. The van der Waals surface area contributed by atoms with Crippen LogP contribution in [0.15, 0.2) is 18.3 Å². The zero-order valence-electron chi connectivity index (χ0n) is 11.1. The van der Waals surface area contributed by atoms with Crippen molar-refractivity contribution in [2.75, 3.05) is 12.5 Å². The van der Waals surface area contributed by atoms with E-state index in [0.717, 1.165) is 40.0 Å². The third-order valence-electron chi connectivity index (χ3n) is 3.13. The third-order valence-corrected chi connectivity index (χ3v) is 4.10. The molecule has 0 amide bonds. The predicted molar refractivity (Wildman–Crippen MR) is 78.4 cm³/mol. The van der Waals surface area contributed by atoms with Crippen molar-refractivity contribution in [1.82, 2.24) is 15.0 Å². The number of methoxy groups -OCH3 is 1. The number of nitrogens with one attached hydrogen (secondary N) is 1. The number of rotatable bonds is 4. The first-order valence-corrected chi connectivity index (χ1v) is 7.37. The average Bonchev–Trinajstić information content (AvgIpc) is 2.95. The molecule has 0 bridgehead atoms. The molecule has 0 aliphatic carbocycles. The standard InChI is InChI=1S/C13H15N5OS/c1-19-12-3-2-8(5-15-12)4-11-16-10-7-20-6-9(10)13(17-11)18-14/h2-3,5H,4,6-7,14H2,1H3,(H,16,17,18). The number of nitrogens with two attached hydrogens (primary N) is 1. The number of nitrogen functional groups attached to an aromatic ring is 1. The number of thioether (sulfide) groups is 1. The van der Waals surface area contributed by atoms with E-state index in [1.165, 1.54) is 0 Å². The smallest absolute Gasteiger partial charge is 0.212 e. The topological polar surface area (TPSA) is 86.0 Å². The monoisotopic (exact) mass is 289 g/mol. The first kappa shape index (κ1) is 13.1. The molecule has 1 aliphatic heterocycles. The van der Waals surface area contributed by atoms with E-state index in [-0.39, 0.29) is 0 Å². The number of hydrogen-bond acceptors (Lipinski definition) is 7. The maximum Gasteiger partial charge on any atom is 0.212 e. The Bertz CT molecular complexity index is 617. The lowest BCUT2D eigenvalue weighted by molar-refractivity contribution is 0.397. The number of anilines is 1. The summed E-state index contributed by atoms with van der Waals surface area (Å²) in [4.78, 5) is 13.3. The number of hydrazine groups is 1. The van der Waals surface area contributed by atoms with Crippen molar-refractivity contribution in [3.8, 4) is 5.88 Å². The van der Waals surface area contributed by atoms with Crippen molar-refractivity contribution < 1.29 is 4.74 Å². The van der Waals surface area contributed by atoms with Gasteiger partial charge in [-0.25, -0.2) is 20.8 Å². The lowest BCUT2D eigenvalue weighted by atomic mass is 10.2. The van der Waals surface area contributed by atoms with Crippen molar-refractivity contribution >= 4 is 17.6 Å². The minimum absolute atomic E-state index is 0.601. The van der Waals surface area contributed by atoms with Crippen LogP contribution in [0.1, 0.15) is 22.6 Å². The van der Waals surface area contributed by atoms with Gasteiger partial charge in [-0.05, 0) is 5.56 Å². The molecule has 6 nitrogen and oxygen atoms in total. The van der Waals surface area contributed by atoms with E-state index in [1.54, 1.807) is 13.3 Å². The SMILES string of the molecule is COc1ccc(Cc2nc3c(c(NN)n2)CSC3)cn1. The van der Waals surface area contributed by atoms with Crippen LogP contribution < -0.4 is 16.0 Å². The highest BCUT2D eigenvalue weighted by Crippen LogP contribution is 2.32. The normalized spacial score (nSPS) is 13.1. The van der Waals surface area contributed by atoms with Gasteiger partial charge in [-0.3, -0.25) is 0 Å². The summed E-state index contributed by atoms with van der Waals surface area (Å²) in [5.74, 6) is 9.47. The van der Waals surface area contributed by atoms with Gasteiger partial charge < -0.3 is 10.2 Å². The summed E-state index contributed by atoms with van der Waals surface area (Å²) in [7, 11) is 1.60. The zero-order valence-corrected chi connectivity index (χ0v) is 11.9. The van der Waals surface area contributed by atoms with Crippen LogP contribution in [0.5, 0.6) is 5.88 Å². The number of nitrogens with zero attached hydrogens (tertiary/aromatic N) is 3. The Hall–Kier alpha value is -1.86. The summed E-state index contributed by atoms with van der Waals surface area (Å²) in [5.41, 5.74) is 5.91. The van der Waals surface area contributed by atoms with Crippen LogP contribution in [0, 0.1) is 0 Å². The maximum atomic E-state index is 5.54. The Balaban J connectivity index is 1.86.